The molecule has 0 saturated carbocycles. The lowest BCUT2D eigenvalue weighted by Crippen LogP contribution is -2.08. The summed E-state index contributed by atoms with van der Waals surface area (Å²) in [5.74, 6) is 1.86. The maximum Gasteiger partial charge on any atom is 0.201 e. The molecule has 4 aromatic rings. The van der Waals surface area contributed by atoms with Gasteiger partial charge >= 0.3 is 0 Å². The van der Waals surface area contributed by atoms with E-state index in [0.29, 0.717) is 11.9 Å². The average Bonchev–Trinajstić information content (AvgIpc) is 3.35. The Morgan fingerprint density at radius 1 is 1.07 bits per heavy atom. The van der Waals surface area contributed by atoms with Gasteiger partial charge in [0.25, 0.3) is 0 Å². The molecule has 0 spiro atoms. The summed E-state index contributed by atoms with van der Waals surface area (Å²) in [6.07, 6.45) is 2.06. The van der Waals surface area contributed by atoms with E-state index in [-0.39, 0.29) is 5.82 Å². The number of hydrogen-bond donors (Lipinski definition) is 1. The number of nitrogens with two attached hydrogens (primary N) is 1. The van der Waals surface area contributed by atoms with E-state index in [9.17, 15) is 4.39 Å². The van der Waals surface area contributed by atoms with Gasteiger partial charge in [0, 0.05) is 30.6 Å². The molecule has 3 heterocycles. The van der Waals surface area contributed by atoms with Gasteiger partial charge in [0.1, 0.15) is 11.6 Å². The molecule has 148 valence electrons. The maximum atomic E-state index is 13.5. The Kier molecular flexibility index (Phi) is 4.15. The lowest BCUT2D eigenvalue weighted by Gasteiger charge is -2.12. The van der Waals surface area contributed by atoms with E-state index < -0.39 is 0 Å². The standard InChI is InChI=1S/C23H24FN5/c1-14(2)13-29-19-12-16(7-10-18(19)26-23(29)25)22-21(15-5-8-17(24)9-6-15)27-20-4-3-11-28(20)22/h5-10,12,14H,3-4,11,13H2,1-2H3,(H2,25,26). The van der Waals surface area contributed by atoms with Gasteiger partial charge in [-0.15, -0.1) is 0 Å². The van der Waals surface area contributed by atoms with Crippen LogP contribution < -0.4 is 5.73 Å². The van der Waals surface area contributed by atoms with Crippen LogP contribution in [0.15, 0.2) is 42.5 Å². The summed E-state index contributed by atoms with van der Waals surface area (Å²) < 4.78 is 17.8. The first-order valence-corrected chi connectivity index (χ1v) is 10.1. The Balaban J connectivity index is 1.71. The molecular weight excluding hydrogens is 365 g/mol. The number of aromatic nitrogens is 4. The summed E-state index contributed by atoms with van der Waals surface area (Å²) in [4.78, 5) is 9.44. The van der Waals surface area contributed by atoms with Crippen LogP contribution in [-0.2, 0) is 19.5 Å². The number of benzene rings is 2. The minimum Gasteiger partial charge on any atom is -0.369 e. The highest BCUT2D eigenvalue weighted by Crippen LogP contribution is 2.37. The topological polar surface area (TPSA) is 61.7 Å². The van der Waals surface area contributed by atoms with Crippen molar-refractivity contribution < 1.29 is 4.39 Å². The number of halogens is 1. The largest absolute Gasteiger partial charge is 0.369 e. The maximum absolute atomic E-state index is 13.5. The van der Waals surface area contributed by atoms with Gasteiger partial charge in [0.2, 0.25) is 5.95 Å². The van der Waals surface area contributed by atoms with Crippen LogP contribution in [0.1, 0.15) is 26.1 Å². The fraction of sp³-hybridized carbons (Fsp3) is 0.304. The number of anilines is 1. The highest BCUT2D eigenvalue weighted by atomic mass is 19.1. The molecule has 0 atom stereocenters. The van der Waals surface area contributed by atoms with Gasteiger partial charge in [0.15, 0.2) is 0 Å². The van der Waals surface area contributed by atoms with Crippen molar-refractivity contribution >= 4 is 17.0 Å². The van der Waals surface area contributed by atoms with Crippen LogP contribution >= 0.6 is 0 Å². The number of nitrogen functional groups attached to an aromatic ring is 1. The van der Waals surface area contributed by atoms with Gasteiger partial charge in [-0.3, -0.25) is 0 Å². The van der Waals surface area contributed by atoms with Crippen LogP contribution in [0.3, 0.4) is 0 Å². The first-order valence-electron chi connectivity index (χ1n) is 10.1. The molecule has 0 aliphatic carbocycles. The van der Waals surface area contributed by atoms with Crippen molar-refractivity contribution in [3.8, 4) is 22.5 Å². The van der Waals surface area contributed by atoms with Crippen LogP contribution in [0.2, 0.25) is 0 Å². The normalized spacial score (nSPS) is 13.5. The summed E-state index contributed by atoms with van der Waals surface area (Å²) >= 11 is 0. The number of rotatable bonds is 4. The minimum absolute atomic E-state index is 0.239. The second-order valence-corrected chi connectivity index (χ2v) is 8.17. The van der Waals surface area contributed by atoms with Crippen molar-refractivity contribution in [2.24, 2.45) is 5.92 Å². The van der Waals surface area contributed by atoms with E-state index in [4.69, 9.17) is 10.7 Å². The van der Waals surface area contributed by atoms with Gasteiger partial charge in [0.05, 0.1) is 22.4 Å². The molecule has 0 saturated heterocycles. The first kappa shape index (κ1) is 17.9. The molecule has 0 amide bonds. The molecule has 5 rings (SSSR count). The second-order valence-electron chi connectivity index (χ2n) is 8.17. The van der Waals surface area contributed by atoms with E-state index >= 15 is 0 Å². The van der Waals surface area contributed by atoms with Crippen molar-refractivity contribution in [2.75, 3.05) is 5.73 Å². The lowest BCUT2D eigenvalue weighted by molar-refractivity contribution is 0.538. The van der Waals surface area contributed by atoms with Crippen molar-refractivity contribution in [3.05, 3.63) is 54.1 Å². The number of hydrogen-bond acceptors (Lipinski definition) is 3. The third-order valence-corrected chi connectivity index (χ3v) is 5.55. The second kappa shape index (κ2) is 6.72. The van der Waals surface area contributed by atoms with Crippen LogP contribution in [-0.4, -0.2) is 19.1 Å². The molecule has 1 aliphatic heterocycles. The van der Waals surface area contributed by atoms with Crippen molar-refractivity contribution in [1.82, 2.24) is 19.1 Å². The van der Waals surface area contributed by atoms with Crippen LogP contribution in [0.25, 0.3) is 33.5 Å². The molecule has 0 radical (unpaired) electrons. The van der Waals surface area contributed by atoms with Crippen LogP contribution in [0.4, 0.5) is 10.3 Å². The molecule has 6 heteroatoms. The average molecular weight is 389 g/mol. The smallest absolute Gasteiger partial charge is 0.201 e. The SMILES string of the molecule is CC(C)Cn1c(N)nc2ccc(-c3c(-c4ccc(F)cc4)nc4n3CCC4)cc21. The Morgan fingerprint density at radius 2 is 1.83 bits per heavy atom. The molecular formula is C23H24FN5. The number of nitrogens with zero attached hydrogens (tertiary/aromatic N) is 4. The molecule has 0 unspecified atom stereocenters. The monoisotopic (exact) mass is 389 g/mol. The Morgan fingerprint density at radius 3 is 2.59 bits per heavy atom. The predicted molar refractivity (Wildman–Crippen MR) is 114 cm³/mol. The zero-order chi connectivity index (χ0) is 20.1. The third kappa shape index (κ3) is 2.99. The van der Waals surface area contributed by atoms with Crippen molar-refractivity contribution in [1.29, 1.82) is 0 Å². The van der Waals surface area contributed by atoms with E-state index in [1.165, 1.54) is 12.1 Å². The summed E-state index contributed by atoms with van der Waals surface area (Å²) in [6, 6.07) is 12.9. The molecule has 5 nitrogen and oxygen atoms in total. The van der Waals surface area contributed by atoms with Gasteiger partial charge in [-0.25, -0.2) is 14.4 Å². The Bertz CT molecular complexity index is 1200. The van der Waals surface area contributed by atoms with E-state index in [2.05, 4.69) is 40.1 Å². The van der Waals surface area contributed by atoms with Gasteiger partial charge < -0.3 is 14.9 Å². The van der Waals surface area contributed by atoms with Crippen molar-refractivity contribution in [3.63, 3.8) is 0 Å². The zero-order valence-electron chi connectivity index (χ0n) is 16.7. The molecule has 2 aromatic carbocycles. The van der Waals surface area contributed by atoms with Crippen molar-refractivity contribution in [2.45, 2.75) is 39.8 Å². The Labute approximate surface area is 169 Å². The highest BCUT2D eigenvalue weighted by molar-refractivity contribution is 5.87. The fourth-order valence-electron chi connectivity index (χ4n) is 4.27. The van der Waals surface area contributed by atoms with Gasteiger partial charge in [-0.05, 0) is 48.7 Å². The number of aryl methyl sites for hydroxylation is 1. The minimum atomic E-state index is -0.239. The fourth-order valence-corrected chi connectivity index (χ4v) is 4.27. The summed E-state index contributed by atoms with van der Waals surface area (Å²) in [5, 5.41) is 0. The molecule has 0 fully saturated rings. The van der Waals surface area contributed by atoms with E-state index in [1.54, 1.807) is 12.1 Å². The van der Waals surface area contributed by atoms with Crippen LogP contribution in [0, 0.1) is 11.7 Å². The van der Waals surface area contributed by atoms with Gasteiger partial charge in [-0.2, -0.15) is 0 Å². The highest BCUT2D eigenvalue weighted by Gasteiger charge is 2.24. The number of fused-ring (bicyclic) bond motifs is 2. The molecule has 2 N–H and O–H groups in total. The van der Waals surface area contributed by atoms with E-state index in [0.717, 1.165) is 65.3 Å². The summed E-state index contributed by atoms with van der Waals surface area (Å²) in [5.41, 5.74) is 12.1. The van der Waals surface area contributed by atoms with Crippen LogP contribution in [0.5, 0.6) is 0 Å². The lowest BCUT2D eigenvalue weighted by atomic mass is 10.0. The molecule has 0 bridgehead atoms. The zero-order valence-corrected chi connectivity index (χ0v) is 16.7. The quantitative estimate of drug-likeness (QED) is 0.540. The molecule has 29 heavy (non-hydrogen) atoms. The predicted octanol–water partition coefficient (Wildman–Crippen LogP) is 4.89. The van der Waals surface area contributed by atoms with E-state index in [1.807, 2.05) is 6.07 Å². The third-order valence-electron chi connectivity index (χ3n) is 5.55. The molecule has 2 aromatic heterocycles. The van der Waals surface area contributed by atoms with Gasteiger partial charge in [-0.1, -0.05) is 19.9 Å². The number of imidazole rings is 2. The summed E-state index contributed by atoms with van der Waals surface area (Å²) in [6.45, 7) is 6.11. The Hall–Kier alpha value is -3.15. The first-order chi connectivity index (χ1) is 14.0. The molecule has 1 aliphatic rings. The summed E-state index contributed by atoms with van der Waals surface area (Å²) in [7, 11) is 0.